The number of aromatic nitrogens is 1. The average Bonchev–Trinajstić information content (AvgIpc) is 2.56. The van der Waals surface area contributed by atoms with E-state index in [-0.39, 0.29) is 0 Å². The highest BCUT2D eigenvalue weighted by Crippen LogP contribution is 2.19. The monoisotopic (exact) mass is 189 g/mol. The van der Waals surface area contributed by atoms with Crippen LogP contribution in [-0.2, 0) is 6.42 Å². The SMILES string of the molecule is CCCCc1cc2nc(C)ccc2o1. The molecule has 0 aliphatic carbocycles. The number of hydrogen-bond acceptors (Lipinski definition) is 2. The van der Waals surface area contributed by atoms with Gasteiger partial charge in [-0.25, -0.2) is 4.98 Å². The number of unbranched alkanes of at least 4 members (excludes halogenated alkanes) is 1. The minimum absolute atomic E-state index is 0.904. The molecule has 2 aromatic rings. The van der Waals surface area contributed by atoms with Gasteiger partial charge in [0.15, 0.2) is 5.58 Å². The predicted molar refractivity (Wildman–Crippen MR) is 57.4 cm³/mol. The molecule has 0 unspecified atom stereocenters. The van der Waals surface area contributed by atoms with Crippen LogP contribution in [0.5, 0.6) is 0 Å². The highest BCUT2D eigenvalue weighted by atomic mass is 16.3. The highest BCUT2D eigenvalue weighted by Gasteiger charge is 2.03. The Hall–Kier alpha value is -1.31. The number of furan rings is 1. The van der Waals surface area contributed by atoms with Crippen molar-refractivity contribution in [3.05, 3.63) is 29.7 Å². The molecule has 2 rings (SSSR count). The number of hydrogen-bond donors (Lipinski definition) is 0. The largest absolute Gasteiger partial charge is 0.459 e. The molecule has 2 heterocycles. The Morgan fingerprint density at radius 2 is 2.21 bits per heavy atom. The third-order valence-electron chi connectivity index (χ3n) is 2.34. The molecule has 0 aliphatic heterocycles. The minimum Gasteiger partial charge on any atom is -0.459 e. The molecule has 14 heavy (non-hydrogen) atoms. The molecular formula is C12H15NO. The van der Waals surface area contributed by atoms with Crippen LogP contribution >= 0.6 is 0 Å². The van der Waals surface area contributed by atoms with Crippen molar-refractivity contribution in [1.29, 1.82) is 0 Å². The molecule has 0 N–H and O–H groups in total. The van der Waals surface area contributed by atoms with Crippen molar-refractivity contribution >= 4 is 11.1 Å². The number of fused-ring (bicyclic) bond motifs is 1. The molecule has 0 spiro atoms. The van der Waals surface area contributed by atoms with Crippen molar-refractivity contribution < 1.29 is 4.42 Å². The third-order valence-corrected chi connectivity index (χ3v) is 2.34. The first-order chi connectivity index (χ1) is 6.79. The maximum absolute atomic E-state index is 5.66. The molecule has 0 amide bonds. The first-order valence-electron chi connectivity index (χ1n) is 5.15. The summed E-state index contributed by atoms with van der Waals surface area (Å²) >= 11 is 0. The van der Waals surface area contributed by atoms with Gasteiger partial charge in [0.1, 0.15) is 11.3 Å². The zero-order valence-corrected chi connectivity index (χ0v) is 8.71. The Morgan fingerprint density at radius 1 is 1.36 bits per heavy atom. The van der Waals surface area contributed by atoms with Crippen LogP contribution in [0.4, 0.5) is 0 Å². The lowest BCUT2D eigenvalue weighted by Gasteiger charge is -1.91. The summed E-state index contributed by atoms with van der Waals surface area (Å²) in [6.07, 6.45) is 3.40. The van der Waals surface area contributed by atoms with Gasteiger partial charge in [0.25, 0.3) is 0 Å². The number of pyridine rings is 1. The van der Waals surface area contributed by atoms with Crippen molar-refractivity contribution in [2.24, 2.45) is 0 Å². The van der Waals surface area contributed by atoms with E-state index in [9.17, 15) is 0 Å². The van der Waals surface area contributed by atoms with E-state index in [0.29, 0.717) is 0 Å². The molecular weight excluding hydrogens is 174 g/mol. The van der Waals surface area contributed by atoms with Crippen molar-refractivity contribution in [1.82, 2.24) is 4.98 Å². The second kappa shape index (κ2) is 3.82. The Labute approximate surface area is 84.0 Å². The molecule has 0 aromatic carbocycles. The first kappa shape index (κ1) is 9.25. The molecule has 0 atom stereocenters. The molecule has 0 fully saturated rings. The van der Waals surface area contributed by atoms with Crippen molar-refractivity contribution in [2.75, 3.05) is 0 Å². The molecule has 0 bridgehead atoms. The molecule has 74 valence electrons. The summed E-state index contributed by atoms with van der Waals surface area (Å²) in [5.41, 5.74) is 2.93. The van der Waals surface area contributed by atoms with Gasteiger partial charge >= 0.3 is 0 Å². The summed E-state index contributed by atoms with van der Waals surface area (Å²) in [7, 11) is 0. The molecule has 0 aliphatic rings. The van der Waals surface area contributed by atoms with E-state index >= 15 is 0 Å². The molecule has 0 saturated heterocycles. The number of nitrogens with zero attached hydrogens (tertiary/aromatic N) is 1. The van der Waals surface area contributed by atoms with Gasteiger partial charge in [-0.3, -0.25) is 0 Å². The number of aryl methyl sites for hydroxylation is 2. The smallest absolute Gasteiger partial charge is 0.152 e. The third kappa shape index (κ3) is 1.79. The average molecular weight is 189 g/mol. The summed E-state index contributed by atoms with van der Waals surface area (Å²) < 4.78 is 5.66. The van der Waals surface area contributed by atoms with E-state index in [0.717, 1.165) is 29.0 Å². The minimum atomic E-state index is 0.904. The fraction of sp³-hybridized carbons (Fsp3) is 0.417. The van der Waals surface area contributed by atoms with E-state index in [2.05, 4.69) is 18.0 Å². The fourth-order valence-corrected chi connectivity index (χ4v) is 1.55. The van der Waals surface area contributed by atoms with Crippen LogP contribution in [0.3, 0.4) is 0 Å². The Kier molecular flexibility index (Phi) is 2.53. The topological polar surface area (TPSA) is 26.0 Å². The molecule has 2 heteroatoms. The van der Waals surface area contributed by atoms with Crippen LogP contribution in [-0.4, -0.2) is 4.98 Å². The normalized spacial score (nSPS) is 11.0. The van der Waals surface area contributed by atoms with Gasteiger partial charge in [0.05, 0.1) is 0 Å². The zero-order valence-electron chi connectivity index (χ0n) is 8.71. The summed E-state index contributed by atoms with van der Waals surface area (Å²) in [6, 6.07) is 6.03. The summed E-state index contributed by atoms with van der Waals surface area (Å²) in [4.78, 5) is 4.41. The predicted octanol–water partition coefficient (Wildman–Crippen LogP) is 3.48. The standard InChI is InChI=1S/C12H15NO/c1-3-4-5-10-8-11-12(14-10)7-6-9(2)13-11/h6-8H,3-5H2,1-2H3. The van der Waals surface area contributed by atoms with Gasteiger partial charge in [-0.05, 0) is 25.5 Å². The second-order valence-corrected chi connectivity index (χ2v) is 3.65. The lowest BCUT2D eigenvalue weighted by molar-refractivity contribution is 0.536. The van der Waals surface area contributed by atoms with Gasteiger partial charge < -0.3 is 4.42 Å². The van der Waals surface area contributed by atoms with Crippen LogP contribution in [0.15, 0.2) is 22.6 Å². The highest BCUT2D eigenvalue weighted by molar-refractivity contribution is 5.73. The van der Waals surface area contributed by atoms with Crippen LogP contribution < -0.4 is 0 Å². The lowest BCUT2D eigenvalue weighted by Crippen LogP contribution is -1.78. The molecule has 2 nitrogen and oxygen atoms in total. The van der Waals surface area contributed by atoms with Crippen LogP contribution in [0.25, 0.3) is 11.1 Å². The van der Waals surface area contributed by atoms with E-state index in [4.69, 9.17) is 4.42 Å². The fourth-order valence-electron chi connectivity index (χ4n) is 1.55. The Morgan fingerprint density at radius 3 is 3.00 bits per heavy atom. The van der Waals surface area contributed by atoms with E-state index < -0.39 is 0 Å². The van der Waals surface area contributed by atoms with Crippen LogP contribution in [0, 0.1) is 6.92 Å². The van der Waals surface area contributed by atoms with Gasteiger partial charge in [-0.1, -0.05) is 13.3 Å². The van der Waals surface area contributed by atoms with Crippen LogP contribution in [0.1, 0.15) is 31.2 Å². The van der Waals surface area contributed by atoms with Gasteiger partial charge in [0.2, 0.25) is 0 Å². The van der Waals surface area contributed by atoms with Gasteiger partial charge in [-0.2, -0.15) is 0 Å². The van der Waals surface area contributed by atoms with Crippen LogP contribution in [0.2, 0.25) is 0 Å². The quantitative estimate of drug-likeness (QED) is 0.738. The Bertz CT molecular complexity index is 431. The van der Waals surface area contributed by atoms with Crippen molar-refractivity contribution in [3.8, 4) is 0 Å². The lowest BCUT2D eigenvalue weighted by atomic mass is 10.2. The van der Waals surface area contributed by atoms with Gasteiger partial charge in [0, 0.05) is 18.2 Å². The summed E-state index contributed by atoms with van der Waals surface area (Å²) in [5, 5.41) is 0. The summed E-state index contributed by atoms with van der Waals surface area (Å²) in [5.74, 6) is 1.06. The van der Waals surface area contributed by atoms with E-state index in [1.807, 2.05) is 19.1 Å². The second-order valence-electron chi connectivity index (χ2n) is 3.65. The van der Waals surface area contributed by atoms with E-state index in [1.54, 1.807) is 0 Å². The molecule has 0 radical (unpaired) electrons. The molecule has 0 saturated carbocycles. The van der Waals surface area contributed by atoms with Gasteiger partial charge in [-0.15, -0.1) is 0 Å². The first-order valence-corrected chi connectivity index (χ1v) is 5.15. The van der Waals surface area contributed by atoms with Crippen molar-refractivity contribution in [2.45, 2.75) is 33.1 Å². The van der Waals surface area contributed by atoms with E-state index in [1.165, 1.54) is 12.8 Å². The Balaban J connectivity index is 2.32. The summed E-state index contributed by atoms with van der Waals surface area (Å²) in [6.45, 7) is 4.18. The maximum Gasteiger partial charge on any atom is 0.152 e. The number of rotatable bonds is 3. The maximum atomic E-state index is 5.66. The molecule has 2 aromatic heterocycles. The van der Waals surface area contributed by atoms with Crippen molar-refractivity contribution in [3.63, 3.8) is 0 Å². The zero-order chi connectivity index (χ0) is 9.97.